The fourth-order valence-electron chi connectivity index (χ4n) is 0.0680. The third-order valence-electron chi connectivity index (χ3n) is 0.235. The van der Waals surface area contributed by atoms with Gasteiger partial charge in [-0.1, -0.05) is 0 Å². The van der Waals surface area contributed by atoms with Gasteiger partial charge in [0.05, 0.1) is 0 Å². The Hall–Kier alpha value is 0.968. The van der Waals surface area contributed by atoms with E-state index in [1.165, 1.54) is 7.11 Å². The fourth-order valence-corrected chi connectivity index (χ4v) is 0.0680. The van der Waals surface area contributed by atoms with Crippen molar-refractivity contribution in [3.8, 4) is 0 Å². The van der Waals surface area contributed by atoms with Crippen molar-refractivity contribution in [2.45, 2.75) is 0 Å². The predicted octanol–water partition coefficient (Wildman–Crippen LogP) is -0.168. The molecule has 0 atom stereocenters. The van der Waals surface area contributed by atoms with Crippen molar-refractivity contribution in [3.63, 3.8) is 0 Å². The molecule has 0 heterocycles. The van der Waals surface area contributed by atoms with Gasteiger partial charge in [-0.15, -0.1) is 0 Å². The number of hydrogen-bond donors (Lipinski definition) is 0. The van der Waals surface area contributed by atoms with E-state index >= 15 is 0 Å². The number of methoxy groups -OCH3 is 1. The molecule has 0 amide bonds. The summed E-state index contributed by atoms with van der Waals surface area (Å²) >= 11 is 0. The topological polar surface area (TPSA) is 26.3 Å². The number of aldehydes is 1. The van der Waals surface area contributed by atoms with Gasteiger partial charge in [0, 0.05) is 47.5 Å². The van der Waals surface area contributed by atoms with E-state index < -0.39 is 0 Å². The van der Waals surface area contributed by atoms with Crippen molar-refractivity contribution in [1.82, 2.24) is 0 Å². The van der Waals surface area contributed by atoms with Crippen LogP contribution in [0.5, 0.6) is 0 Å². The molecule has 6 heavy (non-hydrogen) atoms. The average molecular weight is 224 g/mol. The second-order valence-electron chi connectivity index (χ2n) is 0.622. The normalized spacial score (nSPS) is 6.17. The summed E-state index contributed by atoms with van der Waals surface area (Å²) in [4.78, 5) is 9.28. The van der Waals surface area contributed by atoms with Gasteiger partial charge < -0.3 is 9.53 Å². The number of carbonyl (C=O) groups is 1. The Morgan fingerprint density at radius 1 is 1.83 bits per heavy atom. The van der Waals surface area contributed by atoms with Gasteiger partial charge in [0.15, 0.2) is 0 Å². The molecule has 0 N–H and O–H groups in total. The summed E-state index contributed by atoms with van der Waals surface area (Å²) in [5.41, 5.74) is 0. The zero-order chi connectivity index (χ0) is 4.12. The van der Waals surface area contributed by atoms with Crippen LogP contribution >= 0.6 is 0 Å². The number of rotatable bonds is 2. The van der Waals surface area contributed by atoms with E-state index in [1.807, 2.05) is 0 Å². The Labute approximate surface area is 69.4 Å². The van der Waals surface area contributed by atoms with Gasteiger partial charge in [0.2, 0.25) is 0 Å². The van der Waals surface area contributed by atoms with Crippen molar-refractivity contribution in [3.05, 3.63) is 0 Å². The van der Waals surface area contributed by atoms with E-state index in [9.17, 15) is 4.79 Å². The molecule has 0 radical (unpaired) electrons. The molecule has 2 nitrogen and oxygen atoms in total. The monoisotopic (exact) mass is 226 g/mol. The molecular formula is C3H6O2Sm. The summed E-state index contributed by atoms with van der Waals surface area (Å²) < 4.78 is 4.32. The Kier molecular flexibility index (Phi) is 15.7. The molecule has 0 bridgehead atoms. The molecule has 0 aliphatic heterocycles. The molecule has 0 spiro atoms. The molecule has 0 fully saturated rings. The summed E-state index contributed by atoms with van der Waals surface area (Å²) in [7, 11) is 1.48. The molecule has 0 unspecified atom stereocenters. The molecule has 0 saturated carbocycles. The second-order valence-corrected chi connectivity index (χ2v) is 0.622. The Bertz CT molecular complexity index is 30.0. The van der Waals surface area contributed by atoms with E-state index in [2.05, 4.69) is 4.74 Å². The van der Waals surface area contributed by atoms with E-state index in [1.54, 1.807) is 0 Å². The summed E-state index contributed by atoms with van der Waals surface area (Å²) in [5.74, 6) is 0. The standard InChI is InChI=1S/C3H6O2.Sm/c1-5-3-2-4;/h2H,3H2,1H3;. The van der Waals surface area contributed by atoms with E-state index in [0.717, 1.165) is 0 Å². The zero-order valence-corrected chi connectivity index (χ0v) is 6.13. The Morgan fingerprint density at radius 2 is 2.33 bits per heavy atom. The quantitative estimate of drug-likeness (QED) is 0.609. The molecular weight excluding hydrogens is 218 g/mol. The third kappa shape index (κ3) is 8.88. The van der Waals surface area contributed by atoms with Gasteiger partial charge in [0.1, 0.15) is 12.9 Å². The summed E-state index contributed by atoms with van der Waals surface area (Å²) in [6.45, 7) is 0.208. The van der Waals surface area contributed by atoms with Gasteiger partial charge in [-0.3, -0.25) is 0 Å². The van der Waals surface area contributed by atoms with Crippen LogP contribution in [0, 0.1) is 40.4 Å². The molecule has 0 saturated heterocycles. The first-order chi connectivity index (χ1) is 2.41. The van der Waals surface area contributed by atoms with Crippen molar-refractivity contribution >= 4 is 6.29 Å². The van der Waals surface area contributed by atoms with Crippen LogP contribution in [0.25, 0.3) is 0 Å². The minimum atomic E-state index is 0. The fraction of sp³-hybridized carbons (Fsp3) is 0.667. The van der Waals surface area contributed by atoms with E-state index in [0.29, 0.717) is 6.29 Å². The number of carbonyl (C=O) groups excluding carboxylic acids is 1. The first-order valence-electron chi connectivity index (χ1n) is 1.34. The van der Waals surface area contributed by atoms with Crippen molar-refractivity contribution in [2.24, 2.45) is 0 Å². The first-order valence-corrected chi connectivity index (χ1v) is 1.34. The molecule has 36 valence electrons. The molecule has 0 rings (SSSR count). The molecule has 0 aromatic heterocycles. The molecule has 0 aliphatic rings. The van der Waals surface area contributed by atoms with Crippen LogP contribution in [0.3, 0.4) is 0 Å². The maximum atomic E-state index is 9.28. The Morgan fingerprint density at radius 3 is 2.33 bits per heavy atom. The van der Waals surface area contributed by atoms with Crippen LogP contribution < -0.4 is 0 Å². The van der Waals surface area contributed by atoms with Gasteiger partial charge in [0.25, 0.3) is 0 Å². The first kappa shape index (κ1) is 10.1. The molecule has 3 heteroatoms. The van der Waals surface area contributed by atoms with Crippen LogP contribution in [0.15, 0.2) is 0 Å². The maximum Gasteiger partial charge on any atom is 0.145 e. The van der Waals surface area contributed by atoms with E-state index in [4.69, 9.17) is 0 Å². The van der Waals surface area contributed by atoms with Crippen LogP contribution in [0.2, 0.25) is 0 Å². The van der Waals surface area contributed by atoms with Crippen LogP contribution in [-0.4, -0.2) is 20.0 Å². The SMILES string of the molecule is COCC=O.[Sm]. The van der Waals surface area contributed by atoms with Crippen LogP contribution in [0.4, 0.5) is 0 Å². The number of hydrogen-bond acceptors (Lipinski definition) is 2. The van der Waals surface area contributed by atoms with Crippen molar-refractivity contribution in [2.75, 3.05) is 13.7 Å². The van der Waals surface area contributed by atoms with Crippen molar-refractivity contribution in [1.29, 1.82) is 0 Å². The second kappa shape index (κ2) is 9.35. The zero-order valence-electron chi connectivity index (χ0n) is 3.51. The average Bonchev–Trinajstić information content (AvgIpc) is 1.41. The van der Waals surface area contributed by atoms with Gasteiger partial charge in [-0.2, -0.15) is 0 Å². The van der Waals surface area contributed by atoms with Gasteiger partial charge >= 0.3 is 0 Å². The minimum absolute atomic E-state index is 0. The largest absolute Gasteiger partial charge is 0.377 e. The smallest absolute Gasteiger partial charge is 0.145 e. The Balaban J connectivity index is 0. The molecule has 0 aromatic carbocycles. The van der Waals surface area contributed by atoms with Crippen LogP contribution in [0.1, 0.15) is 0 Å². The van der Waals surface area contributed by atoms with Crippen molar-refractivity contribution < 1.29 is 49.9 Å². The molecule has 0 aliphatic carbocycles. The summed E-state index contributed by atoms with van der Waals surface area (Å²) in [6, 6.07) is 0. The third-order valence-corrected chi connectivity index (χ3v) is 0.235. The predicted molar refractivity (Wildman–Crippen MR) is 17.9 cm³/mol. The maximum absolute atomic E-state index is 9.28. The van der Waals surface area contributed by atoms with E-state index in [-0.39, 0.29) is 47.0 Å². The van der Waals surface area contributed by atoms with Gasteiger partial charge in [-0.05, 0) is 0 Å². The van der Waals surface area contributed by atoms with Crippen LogP contribution in [-0.2, 0) is 9.53 Å². The minimum Gasteiger partial charge on any atom is -0.377 e. The summed E-state index contributed by atoms with van der Waals surface area (Å²) in [6.07, 6.45) is 0.708. The number of ether oxygens (including phenoxy) is 1. The molecule has 0 aromatic rings. The van der Waals surface area contributed by atoms with Gasteiger partial charge in [-0.25, -0.2) is 0 Å². The summed E-state index contributed by atoms with van der Waals surface area (Å²) in [5, 5.41) is 0.